The predicted octanol–water partition coefficient (Wildman–Crippen LogP) is 5.66. The zero-order valence-corrected chi connectivity index (χ0v) is 19.2. The van der Waals surface area contributed by atoms with E-state index in [0.717, 1.165) is 24.0 Å². The molecule has 1 saturated carbocycles. The van der Waals surface area contributed by atoms with Crippen molar-refractivity contribution in [3.05, 3.63) is 60.6 Å². The largest absolute Gasteiger partial charge is 0.496 e. The fraction of sp³-hybridized carbons (Fsp3) is 0.269. The van der Waals surface area contributed by atoms with E-state index in [4.69, 9.17) is 14.2 Å². The van der Waals surface area contributed by atoms with Gasteiger partial charge in [0.15, 0.2) is 5.78 Å². The molecule has 4 aromatic rings. The maximum absolute atomic E-state index is 13.3. The van der Waals surface area contributed by atoms with Crippen molar-refractivity contribution < 1.29 is 27.8 Å². The monoisotopic (exact) mass is 479 g/mol. The molecule has 9 heteroatoms. The minimum absolute atomic E-state index is 0.0477. The van der Waals surface area contributed by atoms with E-state index in [1.165, 1.54) is 13.2 Å². The first kappa shape index (κ1) is 22.8. The number of carbonyl (C=O) groups is 1. The maximum Gasteiger partial charge on any atom is 0.387 e. The highest BCUT2D eigenvalue weighted by molar-refractivity contribution is 6.02. The zero-order valence-electron chi connectivity index (χ0n) is 19.2. The smallest absolute Gasteiger partial charge is 0.387 e. The number of fused-ring (bicyclic) bond motifs is 1. The molecule has 0 saturated heterocycles. The van der Waals surface area contributed by atoms with Crippen molar-refractivity contribution in [1.82, 2.24) is 14.4 Å². The number of aromatic nitrogens is 3. The summed E-state index contributed by atoms with van der Waals surface area (Å²) in [4.78, 5) is 21.6. The summed E-state index contributed by atoms with van der Waals surface area (Å²) in [6, 6.07) is 10.6. The highest BCUT2D eigenvalue weighted by Crippen LogP contribution is 2.40. The Morgan fingerprint density at radius 3 is 2.46 bits per heavy atom. The molecular weight excluding hydrogens is 456 g/mol. The first-order valence-electron chi connectivity index (χ1n) is 11.1. The normalized spacial score (nSPS) is 13.3. The number of carbonyl (C=O) groups excluding carboxylic acids is 1. The van der Waals surface area contributed by atoms with Crippen LogP contribution in [0.2, 0.25) is 0 Å². The number of alkyl halides is 2. The Hall–Kier alpha value is -4.01. The molecule has 0 bridgehead atoms. The summed E-state index contributed by atoms with van der Waals surface area (Å²) < 4.78 is 43.7. The molecule has 1 aromatic carbocycles. The van der Waals surface area contributed by atoms with Crippen LogP contribution in [0.4, 0.5) is 8.78 Å². The van der Waals surface area contributed by atoms with E-state index in [-0.39, 0.29) is 29.3 Å². The molecule has 7 nitrogen and oxygen atoms in total. The molecule has 0 spiro atoms. The molecule has 0 aliphatic heterocycles. The Bertz CT molecular complexity index is 1380. The molecule has 5 rings (SSSR count). The topological polar surface area (TPSA) is 75.0 Å². The number of ketones is 1. The third-order valence-electron chi connectivity index (χ3n) is 6.04. The summed E-state index contributed by atoms with van der Waals surface area (Å²) in [5, 5.41) is 0. The number of imidazole rings is 1. The van der Waals surface area contributed by atoms with E-state index in [9.17, 15) is 13.6 Å². The number of halogens is 2. The van der Waals surface area contributed by atoms with Crippen molar-refractivity contribution in [2.75, 3.05) is 14.2 Å². The summed E-state index contributed by atoms with van der Waals surface area (Å²) in [7, 11) is 2.96. The Morgan fingerprint density at radius 1 is 1.00 bits per heavy atom. The van der Waals surface area contributed by atoms with Crippen molar-refractivity contribution >= 4 is 11.4 Å². The first-order valence-corrected chi connectivity index (χ1v) is 11.1. The van der Waals surface area contributed by atoms with E-state index in [1.54, 1.807) is 31.6 Å². The quantitative estimate of drug-likeness (QED) is 0.288. The van der Waals surface area contributed by atoms with Crippen LogP contribution in [0.3, 0.4) is 0 Å². The number of ether oxygens (including phenoxy) is 3. The van der Waals surface area contributed by atoms with Crippen molar-refractivity contribution in [1.29, 1.82) is 0 Å². The molecule has 1 aliphatic carbocycles. The second-order valence-electron chi connectivity index (χ2n) is 8.38. The van der Waals surface area contributed by atoms with Gasteiger partial charge in [-0.3, -0.25) is 9.20 Å². The summed E-state index contributed by atoms with van der Waals surface area (Å²) >= 11 is 0. The van der Waals surface area contributed by atoms with Gasteiger partial charge in [-0.2, -0.15) is 8.78 Å². The highest BCUT2D eigenvalue weighted by Gasteiger charge is 2.29. The fourth-order valence-electron chi connectivity index (χ4n) is 4.09. The van der Waals surface area contributed by atoms with Crippen molar-refractivity contribution in [3.8, 4) is 39.8 Å². The van der Waals surface area contributed by atoms with Gasteiger partial charge in [-0.1, -0.05) is 0 Å². The van der Waals surface area contributed by atoms with Crippen LogP contribution in [0.25, 0.3) is 28.0 Å². The van der Waals surface area contributed by atoms with Gasteiger partial charge >= 0.3 is 6.61 Å². The molecule has 3 heterocycles. The average molecular weight is 479 g/mol. The first-order chi connectivity index (χ1) is 17.0. The zero-order chi connectivity index (χ0) is 24.5. The van der Waals surface area contributed by atoms with Crippen LogP contribution in [-0.2, 0) is 0 Å². The Balaban J connectivity index is 1.55. The summed E-state index contributed by atoms with van der Waals surface area (Å²) in [6.45, 7) is -3.08. The number of methoxy groups -OCH3 is 2. The molecule has 0 amide bonds. The molecule has 0 atom stereocenters. The van der Waals surface area contributed by atoms with Gasteiger partial charge in [0.25, 0.3) is 0 Å². The van der Waals surface area contributed by atoms with Gasteiger partial charge in [0.05, 0.1) is 26.1 Å². The van der Waals surface area contributed by atoms with Crippen LogP contribution >= 0.6 is 0 Å². The second-order valence-corrected chi connectivity index (χ2v) is 8.38. The minimum atomic E-state index is -3.08. The Kier molecular flexibility index (Phi) is 6.07. The lowest BCUT2D eigenvalue weighted by molar-refractivity contribution is -0.0502. The number of nitrogens with zero attached hydrogens (tertiary/aromatic N) is 3. The van der Waals surface area contributed by atoms with Crippen LogP contribution in [0.15, 0.2) is 55.0 Å². The van der Waals surface area contributed by atoms with Crippen molar-refractivity contribution in [3.63, 3.8) is 0 Å². The van der Waals surface area contributed by atoms with Gasteiger partial charge < -0.3 is 14.2 Å². The lowest BCUT2D eigenvalue weighted by atomic mass is 10.00. The van der Waals surface area contributed by atoms with Gasteiger partial charge in [0, 0.05) is 36.0 Å². The number of hydrogen-bond donors (Lipinski definition) is 0. The number of benzene rings is 1. The molecule has 0 N–H and O–H groups in total. The SMILES string of the molecule is COc1ccc(-c2ccn3c(-c4cc(OC)c(C(=O)CC5CC5)c(OC(F)F)c4)cnc3c2)cn1. The van der Waals surface area contributed by atoms with Crippen LogP contribution in [0.5, 0.6) is 17.4 Å². The Morgan fingerprint density at radius 2 is 1.80 bits per heavy atom. The second kappa shape index (κ2) is 9.32. The fourth-order valence-corrected chi connectivity index (χ4v) is 4.09. The molecule has 1 fully saturated rings. The molecule has 35 heavy (non-hydrogen) atoms. The van der Waals surface area contributed by atoms with Crippen molar-refractivity contribution in [2.24, 2.45) is 5.92 Å². The number of pyridine rings is 2. The summed E-state index contributed by atoms with van der Waals surface area (Å²) in [5.41, 5.74) is 3.67. The molecule has 180 valence electrons. The number of rotatable bonds is 9. The summed E-state index contributed by atoms with van der Waals surface area (Å²) in [5.74, 6) is 0.547. The molecule has 0 unspecified atom stereocenters. The lowest BCUT2D eigenvalue weighted by Crippen LogP contribution is -2.11. The third-order valence-corrected chi connectivity index (χ3v) is 6.04. The summed E-state index contributed by atoms with van der Waals surface area (Å²) in [6.07, 6.45) is 7.40. The van der Waals surface area contributed by atoms with E-state index in [1.807, 2.05) is 28.8 Å². The van der Waals surface area contributed by atoms with E-state index < -0.39 is 6.61 Å². The Labute approximate surface area is 200 Å². The van der Waals surface area contributed by atoms with Gasteiger partial charge in [-0.25, -0.2) is 9.97 Å². The van der Waals surface area contributed by atoms with Crippen molar-refractivity contribution in [2.45, 2.75) is 25.9 Å². The molecular formula is C26H23F2N3O4. The predicted molar refractivity (Wildman–Crippen MR) is 125 cm³/mol. The van der Waals surface area contributed by atoms with Gasteiger partial charge in [-0.05, 0) is 54.7 Å². The van der Waals surface area contributed by atoms with Crippen LogP contribution in [0.1, 0.15) is 29.6 Å². The standard InChI is InChI=1S/C26H23F2N3O4/c1-33-21-10-18(11-22(35-26(27)28)25(21)20(32)9-15-3-4-15)19-14-29-23-12-16(7-8-31(19)23)17-5-6-24(34-2)30-13-17/h5-8,10-15,26H,3-4,9H2,1-2H3. The molecule has 0 radical (unpaired) electrons. The minimum Gasteiger partial charge on any atom is -0.496 e. The maximum atomic E-state index is 13.3. The van der Waals surface area contributed by atoms with Gasteiger partial charge in [0.1, 0.15) is 22.7 Å². The number of Topliss-reactive ketones (excluding diaryl/α,β-unsaturated/α-hetero) is 1. The molecule has 1 aliphatic rings. The third kappa shape index (κ3) is 4.66. The van der Waals surface area contributed by atoms with Crippen LogP contribution < -0.4 is 14.2 Å². The van der Waals surface area contributed by atoms with Gasteiger partial charge in [-0.15, -0.1) is 0 Å². The number of hydrogen-bond acceptors (Lipinski definition) is 6. The van der Waals surface area contributed by atoms with Crippen LogP contribution in [-0.4, -0.2) is 41.0 Å². The van der Waals surface area contributed by atoms with E-state index >= 15 is 0 Å². The van der Waals surface area contributed by atoms with Gasteiger partial charge in [0.2, 0.25) is 5.88 Å². The van der Waals surface area contributed by atoms with E-state index in [2.05, 4.69) is 9.97 Å². The average Bonchev–Trinajstić information content (AvgIpc) is 3.57. The lowest BCUT2D eigenvalue weighted by Gasteiger charge is -2.16. The van der Waals surface area contributed by atoms with Crippen LogP contribution in [0, 0.1) is 5.92 Å². The highest BCUT2D eigenvalue weighted by atomic mass is 19.3. The van der Waals surface area contributed by atoms with E-state index in [0.29, 0.717) is 28.7 Å². The molecule has 3 aromatic heterocycles.